The predicted molar refractivity (Wildman–Crippen MR) is 135 cm³/mol. The summed E-state index contributed by atoms with van der Waals surface area (Å²) in [6, 6.07) is 10.0. The Balaban J connectivity index is 1.14. The molecule has 4 atom stereocenters. The zero-order valence-electron chi connectivity index (χ0n) is 20.0. The summed E-state index contributed by atoms with van der Waals surface area (Å²) in [5, 5.41) is 10.4. The summed E-state index contributed by atoms with van der Waals surface area (Å²) in [6.45, 7) is 5.65. The van der Waals surface area contributed by atoms with Crippen molar-refractivity contribution in [3.63, 3.8) is 0 Å². The summed E-state index contributed by atoms with van der Waals surface area (Å²) >= 11 is 6.57. The van der Waals surface area contributed by atoms with E-state index in [1.807, 2.05) is 24.3 Å². The number of aliphatic hydroxyl groups is 1. The van der Waals surface area contributed by atoms with Gasteiger partial charge in [-0.3, -0.25) is 4.90 Å². The minimum atomic E-state index is -0.628. The van der Waals surface area contributed by atoms with Crippen molar-refractivity contribution in [2.24, 2.45) is 0 Å². The number of aromatic nitrogens is 3. The van der Waals surface area contributed by atoms with Crippen LogP contribution in [-0.4, -0.2) is 107 Å². The predicted octanol–water partition coefficient (Wildman–Crippen LogP) is 1.78. The number of ether oxygens (including phenoxy) is 3. The first-order valence-electron chi connectivity index (χ1n) is 12.2. The third-order valence-electron chi connectivity index (χ3n) is 6.94. The van der Waals surface area contributed by atoms with Crippen molar-refractivity contribution >= 4 is 22.8 Å². The van der Waals surface area contributed by atoms with Crippen LogP contribution < -0.4 is 4.74 Å². The Morgan fingerprint density at radius 3 is 2.69 bits per heavy atom. The number of imidazole rings is 1. The van der Waals surface area contributed by atoms with Gasteiger partial charge in [-0.15, -0.1) is 0 Å². The standard InChI is InChI=1S/C26H28ClN5O4/c1-31-9-11-32(12-10-31)8-2-3-16-4-6-17(7-5-16)22-18(27)13-19-25(29-22)30-26(28-19)36-21-15-35-23-20(33)14-34-24(21)23/h4-7,13,20-21,23-24,33H,8-12,14-15H2,1H3,(H,28,29,30)/t20-,21?,23?,24?/m1/s1. The molecule has 36 heavy (non-hydrogen) atoms. The van der Waals surface area contributed by atoms with Gasteiger partial charge >= 0.3 is 0 Å². The van der Waals surface area contributed by atoms with Crippen LogP contribution in [0.15, 0.2) is 30.3 Å². The van der Waals surface area contributed by atoms with Gasteiger partial charge in [-0.05, 0) is 25.2 Å². The number of fused-ring (bicyclic) bond motifs is 2. The van der Waals surface area contributed by atoms with Gasteiger partial charge in [0.25, 0.3) is 6.01 Å². The summed E-state index contributed by atoms with van der Waals surface area (Å²) in [6.07, 6.45) is -1.66. The van der Waals surface area contributed by atoms with Gasteiger partial charge in [-0.1, -0.05) is 35.6 Å². The second-order valence-electron chi connectivity index (χ2n) is 9.51. The first-order chi connectivity index (χ1) is 17.5. The molecular formula is C26H28ClN5O4. The molecule has 3 saturated heterocycles. The van der Waals surface area contributed by atoms with E-state index in [1.54, 1.807) is 6.07 Å². The number of piperazine rings is 1. The van der Waals surface area contributed by atoms with E-state index in [-0.39, 0.29) is 24.9 Å². The lowest BCUT2D eigenvalue weighted by atomic mass is 10.1. The van der Waals surface area contributed by atoms with Gasteiger partial charge < -0.3 is 29.2 Å². The van der Waals surface area contributed by atoms with E-state index in [0.29, 0.717) is 34.5 Å². The van der Waals surface area contributed by atoms with E-state index in [0.717, 1.165) is 43.9 Å². The first kappa shape index (κ1) is 23.7. The number of nitrogens with zero attached hydrogens (tertiary/aromatic N) is 4. The Bertz CT molecular complexity index is 1300. The summed E-state index contributed by atoms with van der Waals surface area (Å²) < 4.78 is 17.2. The molecule has 3 aliphatic rings. The molecule has 3 aromatic rings. The van der Waals surface area contributed by atoms with Gasteiger partial charge in [0.1, 0.15) is 18.3 Å². The van der Waals surface area contributed by atoms with Crippen molar-refractivity contribution in [1.29, 1.82) is 0 Å². The molecule has 0 aliphatic carbocycles. The van der Waals surface area contributed by atoms with E-state index in [1.165, 1.54) is 0 Å². The Morgan fingerprint density at radius 1 is 1.11 bits per heavy atom. The van der Waals surface area contributed by atoms with Crippen LogP contribution >= 0.6 is 11.6 Å². The van der Waals surface area contributed by atoms with Gasteiger partial charge in [0, 0.05) is 37.3 Å². The van der Waals surface area contributed by atoms with Crippen molar-refractivity contribution in [2.75, 3.05) is 53.0 Å². The molecule has 188 valence electrons. The van der Waals surface area contributed by atoms with Crippen LogP contribution in [0.3, 0.4) is 0 Å². The minimum absolute atomic E-state index is 0.247. The maximum Gasteiger partial charge on any atom is 0.296 e. The molecular weight excluding hydrogens is 482 g/mol. The summed E-state index contributed by atoms with van der Waals surface area (Å²) in [4.78, 5) is 17.0. The number of aliphatic hydroxyl groups excluding tert-OH is 1. The Kier molecular flexibility index (Phi) is 6.56. The summed E-state index contributed by atoms with van der Waals surface area (Å²) in [7, 11) is 2.15. The van der Waals surface area contributed by atoms with Crippen LogP contribution in [0.4, 0.5) is 0 Å². The van der Waals surface area contributed by atoms with Crippen LogP contribution in [0.5, 0.6) is 6.01 Å². The summed E-state index contributed by atoms with van der Waals surface area (Å²) in [5.74, 6) is 6.54. The van der Waals surface area contributed by atoms with Crippen molar-refractivity contribution < 1.29 is 19.3 Å². The topological polar surface area (TPSA) is 96.0 Å². The summed E-state index contributed by atoms with van der Waals surface area (Å²) in [5.41, 5.74) is 3.66. The zero-order chi connectivity index (χ0) is 24.6. The number of pyridine rings is 1. The lowest BCUT2D eigenvalue weighted by Gasteiger charge is -2.30. The van der Waals surface area contributed by atoms with Gasteiger partial charge in [-0.25, -0.2) is 4.98 Å². The molecule has 3 aliphatic heterocycles. The number of halogens is 1. The quantitative estimate of drug-likeness (QED) is 0.514. The number of rotatable bonds is 4. The van der Waals surface area contributed by atoms with E-state index >= 15 is 0 Å². The van der Waals surface area contributed by atoms with Gasteiger partial charge in [0.05, 0.1) is 36.0 Å². The average Bonchev–Trinajstić information content (AvgIpc) is 3.57. The molecule has 0 saturated carbocycles. The molecule has 0 radical (unpaired) electrons. The van der Waals surface area contributed by atoms with E-state index < -0.39 is 6.10 Å². The fourth-order valence-electron chi connectivity index (χ4n) is 4.81. The Labute approximate surface area is 214 Å². The molecule has 1 aromatic carbocycles. The molecule has 0 amide bonds. The third kappa shape index (κ3) is 4.81. The van der Waals surface area contributed by atoms with Crippen molar-refractivity contribution in [1.82, 2.24) is 24.8 Å². The highest BCUT2D eigenvalue weighted by Crippen LogP contribution is 2.32. The lowest BCUT2D eigenvalue weighted by Crippen LogP contribution is -2.44. The molecule has 5 heterocycles. The van der Waals surface area contributed by atoms with Crippen LogP contribution in [0.25, 0.3) is 22.4 Å². The monoisotopic (exact) mass is 509 g/mol. The average molecular weight is 510 g/mol. The minimum Gasteiger partial charge on any atom is -0.456 e. The molecule has 0 spiro atoms. The Hall–Kier alpha value is -2.71. The number of nitrogens with one attached hydrogen (secondary N) is 1. The molecule has 3 unspecified atom stereocenters. The third-order valence-corrected chi connectivity index (χ3v) is 7.23. The van der Waals surface area contributed by atoms with Gasteiger partial charge in [0.15, 0.2) is 11.8 Å². The fourth-order valence-corrected chi connectivity index (χ4v) is 5.07. The highest BCUT2D eigenvalue weighted by Gasteiger charge is 2.48. The molecule has 10 heteroatoms. The Morgan fingerprint density at radius 2 is 1.89 bits per heavy atom. The number of hydrogen-bond donors (Lipinski definition) is 2. The van der Waals surface area contributed by atoms with E-state index in [9.17, 15) is 5.11 Å². The number of hydrogen-bond acceptors (Lipinski definition) is 8. The number of aromatic amines is 1. The first-order valence-corrected chi connectivity index (χ1v) is 12.6. The normalized spacial score (nSPS) is 26.6. The van der Waals surface area contributed by atoms with Crippen molar-refractivity contribution in [2.45, 2.75) is 24.4 Å². The van der Waals surface area contributed by atoms with Crippen LogP contribution in [0, 0.1) is 11.8 Å². The smallest absolute Gasteiger partial charge is 0.296 e. The van der Waals surface area contributed by atoms with Gasteiger partial charge in [0.2, 0.25) is 0 Å². The highest BCUT2D eigenvalue weighted by atomic mass is 35.5. The maximum absolute atomic E-state index is 9.92. The molecule has 0 bridgehead atoms. The number of benzene rings is 1. The fraction of sp³-hybridized carbons (Fsp3) is 0.462. The molecule has 9 nitrogen and oxygen atoms in total. The molecule has 2 N–H and O–H groups in total. The lowest BCUT2D eigenvalue weighted by molar-refractivity contribution is 0.00706. The number of H-pyrrole nitrogens is 1. The largest absolute Gasteiger partial charge is 0.456 e. The van der Waals surface area contributed by atoms with Crippen molar-refractivity contribution in [3.8, 4) is 29.1 Å². The second kappa shape index (κ2) is 9.98. The highest BCUT2D eigenvalue weighted by molar-refractivity contribution is 6.33. The zero-order valence-corrected chi connectivity index (χ0v) is 20.7. The SMILES string of the molecule is CN1CCN(CC#Cc2ccc(-c3nc4nc(OC5COC6C5OC[C@H]6O)[nH]c4cc3Cl)cc2)CC1. The van der Waals surface area contributed by atoms with Crippen LogP contribution in [0.2, 0.25) is 5.02 Å². The second-order valence-corrected chi connectivity index (χ2v) is 9.92. The molecule has 6 rings (SSSR count). The number of likely N-dealkylation sites (N-methyl/N-ethyl adjacent to an activating group) is 1. The van der Waals surface area contributed by atoms with E-state index in [4.69, 9.17) is 25.8 Å². The maximum atomic E-state index is 9.92. The van der Waals surface area contributed by atoms with E-state index in [2.05, 4.69) is 43.6 Å². The van der Waals surface area contributed by atoms with Gasteiger partial charge in [-0.2, -0.15) is 4.98 Å². The van der Waals surface area contributed by atoms with Crippen molar-refractivity contribution in [3.05, 3.63) is 40.9 Å². The van der Waals surface area contributed by atoms with Crippen LogP contribution in [-0.2, 0) is 9.47 Å². The molecule has 3 fully saturated rings. The van der Waals surface area contributed by atoms with Crippen LogP contribution in [0.1, 0.15) is 5.56 Å². The molecule has 2 aromatic heterocycles.